The van der Waals surface area contributed by atoms with Crippen molar-refractivity contribution < 1.29 is 47.1 Å². The number of alkyl carbamates (subject to hydrolysis) is 1. The van der Waals surface area contributed by atoms with Crippen LogP contribution in [0.1, 0.15) is 126 Å². The maximum absolute atomic E-state index is 14.9. The van der Waals surface area contributed by atoms with Gasteiger partial charge >= 0.3 is 12.1 Å². The van der Waals surface area contributed by atoms with Gasteiger partial charge in [-0.2, -0.15) is 0 Å². The molecule has 1 aliphatic rings. The number of esters is 1. The lowest BCUT2D eigenvalue weighted by atomic mass is 10.0. The number of benzene rings is 5. The van der Waals surface area contributed by atoms with E-state index in [1.807, 2.05) is 144 Å². The van der Waals surface area contributed by atoms with Crippen LogP contribution in [0.5, 0.6) is 0 Å². The van der Waals surface area contributed by atoms with Crippen molar-refractivity contribution in [1.29, 1.82) is 0 Å². The Labute approximate surface area is 611 Å². The predicted octanol–water partition coefficient (Wildman–Crippen LogP) is 11.9. The fraction of sp³-hybridized carbons (Fsp3) is 0.303. The lowest BCUT2D eigenvalue weighted by Crippen LogP contribution is -2.68. The molecule has 11 rings (SSSR count). The van der Waals surface area contributed by atoms with Gasteiger partial charge in [-0.05, 0) is 89.1 Å². The highest BCUT2D eigenvalue weighted by Gasteiger charge is 2.54. The lowest BCUT2D eigenvalue weighted by molar-refractivity contribution is -0.139. The van der Waals surface area contributed by atoms with Gasteiger partial charge in [-0.25, -0.2) is 34.5 Å². The van der Waals surface area contributed by atoms with Gasteiger partial charge in [0.1, 0.15) is 73.1 Å². The van der Waals surface area contributed by atoms with Crippen molar-refractivity contribution >= 4 is 118 Å². The zero-order valence-corrected chi connectivity index (χ0v) is 63.7. The number of amides is 5. The number of carbonyl (C=O) groups excluding carboxylic acids is 6. The van der Waals surface area contributed by atoms with Gasteiger partial charge in [-0.3, -0.25) is 19.2 Å². The fourth-order valence-electron chi connectivity index (χ4n) is 12.9. The highest BCUT2D eigenvalue weighted by Crippen LogP contribution is 2.46. The molecule has 0 saturated carbocycles. The van der Waals surface area contributed by atoms with Crippen LogP contribution < -0.4 is 42.4 Å². The molecule has 0 spiro atoms. The number of hydrogen-bond donors (Lipinski definition) is 4. The van der Waals surface area contributed by atoms with Gasteiger partial charge < -0.3 is 44.9 Å². The van der Waals surface area contributed by atoms with Crippen molar-refractivity contribution in [2.45, 2.75) is 122 Å². The molecule has 5 N–H and O–H groups in total. The monoisotopic (exact) mass is 1480 g/mol. The molecule has 528 valence electrons. The first-order valence-corrected chi connectivity index (χ1v) is 40.9. The number of nitrogens with zero attached hydrogens (tertiary/aromatic N) is 6. The van der Waals surface area contributed by atoms with E-state index >= 15 is 0 Å². The number of thiazole rings is 4. The third kappa shape index (κ3) is 16.3. The number of nitrogens with two attached hydrogens (primary N) is 1. The van der Waals surface area contributed by atoms with E-state index in [4.69, 9.17) is 49.0 Å². The van der Waals surface area contributed by atoms with Crippen molar-refractivity contribution in [3.05, 3.63) is 207 Å². The Morgan fingerprint density at radius 1 is 0.588 bits per heavy atom. The second-order valence-corrected chi connectivity index (χ2v) is 39.6. The van der Waals surface area contributed by atoms with Crippen LogP contribution in [0.25, 0.3) is 43.4 Å². The van der Waals surface area contributed by atoms with Crippen molar-refractivity contribution in [3.8, 4) is 43.4 Å². The summed E-state index contributed by atoms with van der Waals surface area (Å²) in [6, 6.07) is 50.7. The van der Waals surface area contributed by atoms with E-state index in [1.54, 1.807) is 44.5 Å². The normalized spacial score (nSPS) is 14.5. The molecule has 0 unspecified atom stereocenters. The summed E-state index contributed by atoms with van der Waals surface area (Å²) in [7, 11) is -6.66. The van der Waals surface area contributed by atoms with Crippen LogP contribution in [0.15, 0.2) is 185 Å². The lowest BCUT2D eigenvalue weighted by Gasteiger charge is -2.46. The molecule has 10 aromatic rings. The molecule has 6 heterocycles. The Bertz CT molecular complexity index is 4500. The highest BCUT2D eigenvalue weighted by molar-refractivity contribution is 7.15. The molecule has 26 heteroatoms. The molecular weight excluding hydrogens is 1400 g/mol. The second-order valence-electron chi connectivity index (χ2n) is 27.6. The molecule has 102 heavy (non-hydrogen) atoms. The summed E-state index contributed by atoms with van der Waals surface area (Å²) < 4.78 is 26.1. The molecule has 0 aliphatic carbocycles. The summed E-state index contributed by atoms with van der Waals surface area (Å²) in [5.74, 6) is -2.88. The summed E-state index contributed by atoms with van der Waals surface area (Å²) in [5, 5.41) is 20.7. The maximum atomic E-state index is 14.9. The molecule has 4 atom stereocenters. The van der Waals surface area contributed by atoms with E-state index in [9.17, 15) is 28.8 Å². The van der Waals surface area contributed by atoms with E-state index < -0.39 is 98.8 Å². The number of primary amides is 1. The molecule has 0 radical (unpaired) electrons. The maximum Gasteiger partial charge on any atom is 0.408 e. The number of rotatable bonds is 25. The topological polar surface area (TPSA) is 269 Å². The molecule has 5 aromatic carbocycles. The van der Waals surface area contributed by atoms with Crippen LogP contribution in [0.2, 0.25) is 10.1 Å². The van der Waals surface area contributed by atoms with E-state index in [1.165, 1.54) is 50.2 Å². The first-order valence-electron chi connectivity index (χ1n) is 33.6. The smallest absolute Gasteiger partial charge is 0.408 e. The SMILES string of the molecule is CCOC(=O)c1csc(-c2ccc(-c3nc(C(=O)N[C@@H](CO[Si](c4ccccc4)(c4ccccc4)C(C)(C)C)C(=O)N4CCC[C@H]4C(N)=O)cs3)nc2-c2csc(-c3csc([C@H](NC(=O)CNC(=O)OC(C)(C)C)[C@@H](O[Si](c4ccccc4)(c4ccccc4)C(C)(C)C)c4ccccc4)n3)n2)n1. The zero-order valence-electron chi connectivity index (χ0n) is 58.4. The van der Waals surface area contributed by atoms with Gasteiger partial charge in [-0.15, -0.1) is 45.3 Å². The Morgan fingerprint density at radius 2 is 1.12 bits per heavy atom. The molecule has 20 nitrogen and oxygen atoms in total. The molecule has 5 aromatic heterocycles. The average molecular weight is 1480 g/mol. The zero-order chi connectivity index (χ0) is 72.6. The average Bonchev–Trinajstić information content (AvgIpc) is 0.931. The van der Waals surface area contributed by atoms with E-state index in [0.29, 0.717) is 61.2 Å². The first kappa shape index (κ1) is 73.9. The Morgan fingerprint density at radius 3 is 1.69 bits per heavy atom. The van der Waals surface area contributed by atoms with E-state index in [-0.39, 0.29) is 31.1 Å². The van der Waals surface area contributed by atoms with Crippen LogP contribution in [0, 0.1) is 0 Å². The molecule has 0 bridgehead atoms. The summed E-state index contributed by atoms with van der Waals surface area (Å²) in [6.45, 7) is 19.7. The van der Waals surface area contributed by atoms with Gasteiger partial charge in [-0.1, -0.05) is 193 Å². The van der Waals surface area contributed by atoms with Gasteiger partial charge in [0.05, 0.1) is 25.0 Å². The van der Waals surface area contributed by atoms with Crippen LogP contribution in [0.3, 0.4) is 0 Å². The number of likely N-dealkylation sites (tertiary alicyclic amines) is 1. The minimum absolute atomic E-state index is 0.00750. The molecule has 1 saturated heterocycles. The van der Waals surface area contributed by atoms with Gasteiger partial charge in [0, 0.05) is 33.6 Å². The number of pyridine rings is 1. The number of nitrogens with one attached hydrogen (secondary N) is 3. The van der Waals surface area contributed by atoms with Crippen LogP contribution in [-0.2, 0) is 32.7 Å². The summed E-state index contributed by atoms with van der Waals surface area (Å²) in [4.78, 5) is 110. The van der Waals surface area contributed by atoms with Gasteiger partial charge in [0.2, 0.25) is 17.7 Å². The Balaban J connectivity index is 0.954. The van der Waals surface area contributed by atoms with Crippen molar-refractivity contribution in [2.24, 2.45) is 5.73 Å². The van der Waals surface area contributed by atoms with Crippen LogP contribution >= 0.6 is 45.3 Å². The second kappa shape index (κ2) is 31.5. The number of carbonyl (C=O) groups is 6. The van der Waals surface area contributed by atoms with Crippen molar-refractivity contribution in [2.75, 3.05) is 26.3 Å². The summed E-state index contributed by atoms with van der Waals surface area (Å²) >= 11 is 5.04. The number of hydrogen-bond acceptors (Lipinski definition) is 19. The first-order chi connectivity index (χ1) is 48.8. The fourth-order valence-corrected chi connectivity index (χ4v) is 25.4. The molecule has 1 fully saturated rings. The minimum atomic E-state index is -3.39. The van der Waals surface area contributed by atoms with Crippen LogP contribution in [-0.4, -0.2) is 126 Å². The summed E-state index contributed by atoms with van der Waals surface area (Å²) in [5.41, 5.74) is 8.19. The Hall–Kier alpha value is -9.26. The molecular formula is C76H82N10O10S4Si2. The predicted molar refractivity (Wildman–Crippen MR) is 406 cm³/mol. The van der Waals surface area contributed by atoms with Gasteiger partial charge in [0.25, 0.3) is 22.5 Å². The standard InChI is InChI=1S/C76H82N10O10S4Si2/c1-11-93-72(91)59-47-97-67(84-59)53-39-40-54(68-82-57(45-99-68)66(89)80-55(71(90)86-41-27-38-60(86)65(77)88)43-94-101(75(5,6)7,49-30-19-13-20-31-49)50-32-21-14-22-33-50)79-62(53)56-44-98-69(81-56)58-46-100-70(83-58)63(85-61(87)42-78-73(92)95-74(2,3)4)64(48-28-17-12-18-29-48)96-102(76(8,9)10,51-34-23-15-24-35-51)52-36-25-16-26-37-52/h12-26,28-37,39-40,44-47,55,60,63-64H,11,27,38,41-43H2,1-10H3,(H2,77,88)(H,78,92)(H,80,89)(H,85,87)/t55-,60-,63+,64-/m0/s1. The third-order valence-electron chi connectivity index (χ3n) is 17.4. The van der Waals surface area contributed by atoms with Crippen molar-refractivity contribution in [3.63, 3.8) is 0 Å². The third-order valence-corrected chi connectivity index (χ3v) is 31.0. The van der Waals surface area contributed by atoms with E-state index in [0.717, 1.165) is 26.3 Å². The Kier molecular flexibility index (Phi) is 22.9. The van der Waals surface area contributed by atoms with Gasteiger partial charge in [0.15, 0.2) is 5.69 Å². The summed E-state index contributed by atoms with van der Waals surface area (Å²) in [6.07, 6.45) is -0.666. The number of ether oxygens (including phenoxy) is 2. The van der Waals surface area contributed by atoms with Crippen LogP contribution in [0.4, 0.5) is 4.79 Å². The molecule has 1 aliphatic heterocycles. The largest absolute Gasteiger partial charge is 0.461 e. The number of aromatic nitrogens is 5. The van der Waals surface area contributed by atoms with Crippen molar-refractivity contribution in [1.82, 2.24) is 45.8 Å². The quantitative estimate of drug-likeness (QED) is 0.0306. The van der Waals surface area contributed by atoms with E-state index in [2.05, 4.69) is 81.8 Å². The minimum Gasteiger partial charge on any atom is -0.461 e. The molecule has 5 amide bonds. The highest BCUT2D eigenvalue weighted by atomic mass is 32.1.